The molecule has 0 radical (unpaired) electrons. The molecule has 5 heteroatoms. The van der Waals surface area contributed by atoms with Crippen LogP contribution in [0.25, 0.3) is 0 Å². The largest absolute Gasteiger partial charge is 0.389 e. The molecule has 3 atom stereocenters. The summed E-state index contributed by atoms with van der Waals surface area (Å²) in [5.74, 6) is -0.430. The highest BCUT2D eigenvalue weighted by Gasteiger charge is 2.63. The molecule has 0 aromatic heterocycles. The fourth-order valence-corrected chi connectivity index (χ4v) is 5.02. The van der Waals surface area contributed by atoms with Crippen LogP contribution in [0.1, 0.15) is 44.9 Å². The smallest absolute Gasteiger partial charge is 0.168 e. The van der Waals surface area contributed by atoms with E-state index in [0.717, 1.165) is 32.1 Å². The Hall–Kier alpha value is -0.200. The number of rotatable bonds is 2. The first kappa shape index (κ1) is 13.5. The number of hydrogen-bond acceptors (Lipinski definition) is 5. The van der Waals surface area contributed by atoms with Gasteiger partial charge in [0.25, 0.3) is 0 Å². The Balaban J connectivity index is 1.55. The van der Waals surface area contributed by atoms with E-state index in [4.69, 9.17) is 19.9 Å². The molecule has 3 aliphatic heterocycles. The highest BCUT2D eigenvalue weighted by molar-refractivity contribution is 5.13. The van der Waals surface area contributed by atoms with Gasteiger partial charge < -0.3 is 25.1 Å². The number of fused-ring (bicyclic) bond motifs is 2. The minimum Gasteiger partial charge on any atom is -0.389 e. The zero-order valence-corrected chi connectivity index (χ0v) is 12.0. The van der Waals surface area contributed by atoms with Crippen LogP contribution in [0.3, 0.4) is 0 Å². The second-order valence-electron chi connectivity index (χ2n) is 7.03. The molecule has 1 saturated carbocycles. The van der Waals surface area contributed by atoms with E-state index in [1.54, 1.807) is 0 Å². The maximum atomic E-state index is 11.3. The summed E-state index contributed by atoms with van der Waals surface area (Å²) < 4.78 is 17.6. The van der Waals surface area contributed by atoms with Crippen molar-refractivity contribution in [3.8, 4) is 0 Å². The number of nitrogens with two attached hydrogens (primary N) is 1. The van der Waals surface area contributed by atoms with Gasteiger partial charge >= 0.3 is 0 Å². The summed E-state index contributed by atoms with van der Waals surface area (Å²) in [6, 6.07) is 0. The van der Waals surface area contributed by atoms with Crippen molar-refractivity contribution in [3.05, 3.63) is 0 Å². The van der Waals surface area contributed by atoms with Crippen LogP contribution in [0.4, 0.5) is 0 Å². The Morgan fingerprint density at radius 1 is 1.05 bits per heavy atom. The molecule has 3 heterocycles. The van der Waals surface area contributed by atoms with Gasteiger partial charge in [0.1, 0.15) is 0 Å². The fourth-order valence-electron chi connectivity index (χ4n) is 5.02. The first-order valence-electron chi connectivity index (χ1n) is 7.97. The van der Waals surface area contributed by atoms with Crippen LogP contribution in [0.5, 0.6) is 0 Å². The molecule has 4 rings (SSSR count). The second-order valence-corrected chi connectivity index (χ2v) is 7.03. The molecule has 3 saturated heterocycles. The average molecular weight is 283 g/mol. The van der Waals surface area contributed by atoms with Crippen LogP contribution < -0.4 is 5.73 Å². The number of ether oxygens (including phenoxy) is 3. The normalized spacial score (nSPS) is 45.3. The Labute approximate surface area is 119 Å². The molecule has 4 aliphatic rings. The van der Waals surface area contributed by atoms with Crippen LogP contribution in [0, 0.1) is 5.41 Å². The van der Waals surface area contributed by atoms with Crippen molar-refractivity contribution in [2.45, 2.75) is 68.5 Å². The minimum atomic E-state index is -0.720. The lowest BCUT2D eigenvalue weighted by molar-refractivity contribution is -0.227. The maximum absolute atomic E-state index is 11.3. The molecule has 5 nitrogen and oxygen atoms in total. The van der Waals surface area contributed by atoms with Crippen LogP contribution in [0.15, 0.2) is 0 Å². The van der Waals surface area contributed by atoms with E-state index < -0.39 is 11.4 Å². The van der Waals surface area contributed by atoms with Crippen LogP contribution in [-0.2, 0) is 14.2 Å². The van der Waals surface area contributed by atoms with E-state index in [0.29, 0.717) is 38.7 Å². The van der Waals surface area contributed by atoms with Crippen molar-refractivity contribution in [1.82, 2.24) is 0 Å². The summed E-state index contributed by atoms with van der Waals surface area (Å²) in [5.41, 5.74) is 5.14. The van der Waals surface area contributed by atoms with Gasteiger partial charge in [0, 0.05) is 24.8 Å². The predicted molar refractivity (Wildman–Crippen MR) is 72.1 cm³/mol. The third-order valence-electron chi connectivity index (χ3n) is 6.26. The molecule has 20 heavy (non-hydrogen) atoms. The summed E-state index contributed by atoms with van der Waals surface area (Å²) in [6.45, 7) is 1.86. The monoisotopic (exact) mass is 283 g/mol. The van der Waals surface area contributed by atoms with Crippen LogP contribution in [-0.4, -0.2) is 48.5 Å². The fraction of sp³-hybridized carbons (Fsp3) is 1.00. The van der Waals surface area contributed by atoms with E-state index in [2.05, 4.69) is 0 Å². The maximum Gasteiger partial charge on any atom is 0.168 e. The lowest BCUT2D eigenvalue weighted by Crippen LogP contribution is -2.60. The van der Waals surface area contributed by atoms with Crippen molar-refractivity contribution >= 4 is 0 Å². The van der Waals surface area contributed by atoms with Gasteiger partial charge in [0.2, 0.25) is 0 Å². The molecule has 3 unspecified atom stereocenters. The van der Waals surface area contributed by atoms with E-state index in [9.17, 15) is 5.11 Å². The predicted octanol–water partition coefficient (Wildman–Crippen LogP) is 0.931. The number of hydrogen-bond donors (Lipinski definition) is 2. The molecule has 114 valence electrons. The number of aliphatic hydroxyl groups is 1. The Morgan fingerprint density at radius 3 is 2.25 bits per heavy atom. The molecule has 0 aromatic carbocycles. The topological polar surface area (TPSA) is 73.9 Å². The molecule has 3 N–H and O–H groups in total. The van der Waals surface area contributed by atoms with Crippen molar-refractivity contribution in [1.29, 1.82) is 0 Å². The van der Waals surface area contributed by atoms with Gasteiger partial charge in [0.15, 0.2) is 5.79 Å². The molecule has 4 fully saturated rings. The van der Waals surface area contributed by atoms with Crippen molar-refractivity contribution in [2.24, 2.45) is 11.1 Å². The summed E-state index contributed by atoms with van der Waals surface area (Å²) in [5, 5.41) is 11.3. The summed E-state index contributed by atoms with van der Waals surface area (Å²) in [7, 11) is 0. The quantitative estimate of drug-likeness (QED) is 0.788. The summed E-state index contributed by atoms with van der Waals surface area (Å²) in [4.78, 5) is 0. The van der Waals surface area contributed by atoms with E-state index in [1.807, 2.05) is 0 Å². The molecular weight excluding hydrogens is 258 g/mol. The van der Waals surface area contributed by atoms with Crippen LogP contribution >= 0.6 is 0 Å². The third-order valence-corrected chi connectivity index (χ3v) is 6.26. The van der Waals surface area contributed by atoms with Gasteiger partial charge in [-0.15, -0.1) is 0 Å². The molecule has 1 spiro atoms. The SMILES string of the molecule is NCC1(C2(O)CCC3(CC2)OCCO3)CC2CCC1O2. The van der Waals surface area contributed by atoms with Gasteiger partial charge in [-0.05, 0) is 32.1 Å². The second kappa shape index (κ2) is 4.40. The Morgan fingerprint density at radius 2 is 1.75 bits per heavy atom. The third kappa shape index (κ3) is 1.67. The lowest BCUT2D eigenvalue weighted by atomic mass is 9.58. The zero-order valence-electron chi connectivity index (χ0n) is 12.0. The van der Waals surface area contributed by atoms with E-state index in [1.165, 1.54) is 0 Å². The molecule has 2 bridgehead atoms. The first-order valence-corrected chi connectivity index (χ1v) is 7.97. The van der Waals surface area contributed by atoms with Gasteiger partial charge in [-0.3, -0.25) is 0 Å². The molecular formula is C15H25NO4. The molecule has 0 amide bonds. The zero-order chi connectivity index (χ0) is 13.8. The van der Waals surface area contributed by atoms with E-state index >= 15 is 0 Å². The van der Waals surface area contributed by atoms with E-state index in [-0.39, 0.29) is 11.5 Å². The van der Waals surface area contributed by atoms with Gasteiger partial charge in [-0.1, -0.05) is 0 Å². The lowest BCUT2D eigenvalue weighted by Gasteiger charge is -2.52. The summed E-state index contributed by atoms with van der Waals surface area (Å²) in [6.07, 6.45) is 6.48. The van der Waals surface area contributed by atoms with Gasteiger partial charge in [-0.25, -0.2) is 0 Å². The Bertz CT molecular complexity index is 385. The van der Waals surface area contributed by atoms with Gasteiger partial charge in [0.05, 0.1) is 31.0 Å². The van der Waals surface area contributed by atoms with Crippen molar-refractivity contribution < 1.29 is 19.3 Å². The summed E-state index contributed by atoms with van der Waals surface area (Å²) >= 11 is 0. The first-order chi connectivity index (χ1) is 9.62. The Kier molecular flexibility index (Phi) is 2.96. The standard InChI is InChI=1S/C15H25NO4/c16-10-13(9-11-1-2-12(13)20-11)14(17)3-5-15(6-4-14)18-7-8-19-15/h11-12,17H,1-10,16H2. The highest BCUT2D eigenvalue weighted by Crippen LogP contribution is 2.58. The average Bonchev–Trinajstić information content (AvgIpc) is 3.18. The van der Waals surface area contributed by atoms with Crippen molar-refractivity contribution in [3.63, 3.8) is 0 Å². The van der Waals surface area contributed by atoms with Crippen molar-refractivity contribution in [2.75, 3.05) is 19.8 Å². The highest BCUT2D eigenvalue weighted by atomic mass is 16.7. The van der Waals surface area contributed by atoms with Crippen LogP contribution in [0.2, 0.25) is 0 Å². The molecule has 0 aromatic rings. The minimum absolute atomic E-state index is 0.141. The molecule has 1 aliphatic carbocycles. The van der Waals surface area contributed by atoms with Gasteiger partial charge in [-0.2, -0.15) is 0 Å².